The summed E-state index contributed by atoms with van der Waals surface area (Å²) in [6, 6.07) is 21.7. The molecule has 0 aliphatic carbocycles. The number of nitrogens with zero attached hydrogens (tertiary/aromatic N) is 5. The lowest BCUT2D eigenvalue weighted by molar-refractivity contribution is -0.137. The van der Waals surface area contributed by atoms with Gasteiger partial charge in [-0.05, 0) is 61.4 Å². The summed E-state index contributed by atoms with van der Waals surface area (Å²) in [5, 5.41) is 3.55. The molecule has 0 aliphatic heterocycles. The summed E-state index contributed by atoms with van der Waals surface area (Å²) < 4.78 is 0. The van der Waals surface area contributed by atoms with Gasteiger partial charge in [-0.3, -0.25) is 14.6 Å². The lowest BCUT2D eigenvalue weighted by Gasteiger charge is -2.31. The summed E-state index contributed by atoms with van der Waals surface area (Å²) in [6.07, 6.45) is 3.39. The number of hydrogen-bond acceptors (Lipinski definition) is 7. The predicted octanol–water partition coefficient (Wildman–Crippen LogP) is 5.06. The monoisotopic (exact) mass is 540 g/mol. The van der Waals surface area contributed by atoms with Gasteiger partial charge in [0.15, 0.2) is 5.16 Å². The van der Waals surface area contributed by atoms with Crippen LogP contribution in [-0.2, 0) is 16.1 Å². The van der Waals surface area contributed by atoms with E-state index in [0.717, 1.165) is 22.6 Å². The molecule has 2 amide bonds. The Morgan fingerprint density at radius 2 is 1.62 bits per heavy atom. The van der Waals surface area contributed by atoms with Gasteiger partial charge in [0.2, 0.25) is 5.91 Å². The molecule has 2 aromatic carbocycles. The molecule has 4 rings (SSSR count). The second-order valence-corrected chi connectivity index (χ2v) is 10.3. The zero-order valence-corrected chi connectivity index (χ0v) is 23.4. The molecule has 8 nitrogen and oxygen atoms in total. The zero-order valence-electron chi connectivity index (χ0n) is 22.5. The molecular formula is C30H32N6O2S. The molecule has 2 aromatic heterocycles. The van der Waals surface area contributed by atoms with Crippen molar-refractivity contribution in [2.24, 2.45) is 0 Å². The van der Waals surface area contributed by atoms with Crippen LogP contribution in [0.3, 0.4) is 0 Å². The summed E-state index contributed by atoms with van der Waals surface area (Å²) in [7, 11) is 3.92. The third kappa shape index (κ3) is 7.64. The van der Waals surface area contributed by atoms with Crippen LogP contribution in [0.15, 0.2) is 90.3 Å². The first kappa shape index (κ1) is 27.8. The van der Waals surface area contributed by atoms with Gasteiger partial charge in [0.05, 0.1) is 5.75 Å². The van der Waals surface area contributed by atoms with Gasteiger partial charge in [-0.15, -0.1) is 0 Å². The molecule has 0 unspecified atom stereocenters. The molecule has 0 radical (unpaired) electrons. The Hall–Kier alpha value is -4.24. The fourth-order valence-corrected chi connectivity index (χ4v) is 4.98. The van der Waals surface area contributed by atoms with E-state index in [0.29, 0.717) is 16.4 Å². The van der Waals surface area contributed by atoms with Gasteiger partial charge in [-0.1, -0.05) is 48.2 Å². The number of pyridine rings is 1. The van der Waals surface area contributed by atoms with Crippen molar-refractivity contribution in [2.45, 2.75) is 31.6 Å². The molecule has 2 heterocycles. The summed E-state index contributed by atoms with van der Waals surface area (Å²) in [5.41, 5.74) is 4.88. The number of amides is 2. The van der Waals surface area contributed by atoms with Gasteiger partial charge >= 0.3 is 0 Å². The van der Waals surface area contributed by atoms with Crippen LogP contribution in [0.5, 0.6) is 0 Å². The maximum atomic E-state index is 13.9. The quantitative estimate of drug-likeness (QED) is 0.222. The maximum Gasteiger partial charge on any atom is 0.251 e. The number of hydrogen-bond donors (Lipinski definition) is 1. The molecule has 0 fully saturated rings. The zero-order chi connectivity index (χ0) is 27.8. The van der Waals surface area contributed by atoms with E-state index in [1.807, 2.05) is 106 Å². The van der Waals surface area contributed by atoms with Crippen molar-refractivity contribution in [2.75, 3.05) is 30.1 Å². The Balaban J connectivity index is 1.65. The van der Waals surface area contributed by atoms with Crippen LogP contribution < -0.4 is 10.2 Å². The van der Waals surface area contributed by atoms with E-state index < -0.39 is 6.04 Å². The molecule has 4 aromatic rings. The van der Waals surface area contributed by atoms with Crippen molar-refractivity contribution >= 4 is 35.0 Å². The lowest BCUT2D eigenvalue weighted by atomic mass is 10.0. The lowest BCUT2D eigenvalue weighted by Crippen LogP contribution is -2.41. The number of anilines is 2. The minimum absolute atomic E-state index is 0.0807. The summed E-state index contributed by atoms with van der Waals surface area (Å²) in [4.78, 5) is 44.4. The van der Waals surface area contributed by atoms with E-state index in [1.165, 1.54) is 11.8 Å². The fourth-order valence-electron chi connectivity index (χ4n) is 4.14. The molecule has 200 valence electrons. The average molecular weight is 541 g/mol. The Kier molecular flexibility index (Phi) is 9.27. The summed E-state index contributed by atoms with van der Waals surface area (Å²) >= 11 is 1.26. The standard InChI is InChI=1S/C30H32N6O2S/c1-21-17-22(2)33-30(32-21)39-20-27(37)36(19-23-9-8-16-31-18-23)28(24-10-6-5-7-11-24)29(38)34-25-12-14-26(15-13-25)35(3)4/h5-18,28H,19-20H2,1-4H3,(H,34,38)/t28-/m0/s1. The highest BCUT2D eigenvalue weighted by molar-refractivity contribution is 7.99. The second kappa shape index (κ2) is 13.0. The van der Waals surface area contributed by atoms with Crippen LogP contribution in [0, 0.1) is 13.8 Å². The van der Waals surface area contributed by atoms with Crippen LogP contribution in [0.25, 0.3) is 0 Å². The third-order valence-electron chi connectivity index (χ3n) is 6.01. The minimum atomic E-state index is -0.867. The number of benzene rings is 2. The Labute approximate surface area is 233 Å². The van der Waals surface area contributed by atoms with Gasteiger partial charge in [-0.2, -0.15) is 0 Å². The van der Waals surface area contributed by atoms with Gasteiger partial charge in [-0.25, -0.2) is 9.97 Å². The molecule has 9 heteroatoms. The van der Waals surface area contributed by atoms with Crippen LogP contribution in [0.2, 0.25) is 0 Å². The van der Waals surface area contributed by atoms with Crippen LogP contribution >= 0.6 is 11.8 Å². The number of nitrogens with one attached hydrogen (secondary N) is 1. The summed E-state index contributed by atoms with van der Waals surface area (Å²) in [6.45, 7) is 4.01. The van der Waals surface area contributed by atoms with Crippen molar-refractivity contribution in [1.29, 1.82) is 0 Å². The number of thioether (sulfide) groups is 1. The molecule has 0 saturated heterocycles. The van der Waals surface area contributed by atoms with Gasteiger partial charge < -0.3 is 15.1 Å². The molecule has 0 saturated carbocycles. The fraction of sp³-hybridized carbons (Fsp3) is 0.233. The molecule has 0 aliphatic rings. The average Bonchev–Trinajstić information content (AvgIpc) is 2.92. The number of aromatic nitrogens is 3. The first-order valence-electron chi connectivity index (χ1n) is 12.6. The third-order valence-corrected chi connectivity index (χ3v) is 6.84. The number of aryl methyl sites for hydroxylation is 2. The summed E-state index contributed by atoms with van der Waals surface area (Å²) in [5.74, 6) is -0.431. The van der Waals surface area contributed by atoms with E-state index in [1.54, 1.807) is 17.3 Å². The van der Waals surface area contributed by atoms with Crippen LogP contribution in [-0.4, -0.2) is 51.5 Å². The highest BCUT2D eigenvalue weighted by atomic mass is 32.2. The van der Waals surface area contributed by atoms with Crippen LogP contribution in [0.4, 0.5) is 11.4 Å². The maximum absolute atomic E-state index is 13.9. The number of carbonyl (C=O) groups excluding carboxylic acids is 2. The first-order chi connectivity index (χ1) is 18.8. The Bertz CT molecular complexity index is 1380. The van der Waals surface area contributed by atoms with E-state index in [2.05, 4.69) is 20.3 Å². The van der Waals surface area contributed by atoms with Crippen LogP contribution in [0.1, 0.15) is 28.6 Å². The van der Waals surface area contributed by atoms with E-state index >= 15 is 0 Å². The van der Waals surface area contributed by atoms with E-state index in [4.69, 9.17) is 0 Å². The van der Waals surface area contributed by atoms with Crippen molar-refractivity contribution in [3.05, 3.63) is 108 Å². The van der Waals surface area contributed by atoms with Gasteiger partial charge in [0.1, 0.15) is 6.04 Å². The minimum Gasteiger partial charge on any atom is -0.378 e. The van der Waals surface area contributed by atoms with Crippen molar-refractivity contribution < 1.29 is 9.59 Å². The topological polar surface area (TPSA) is 91.3 Å². The molecular weight excluding hydrogens is 508 g/mol. The Morgan fingerprint density at radius 1 is 0.923 bits per heavy atom. The van der Waals surface area contributed by atoms with E-state index in [-0.39, 0.29) is 24.1 Å². The molecule has 39 heavy (non-hydrogen) atoms. The van der Waals surface area contributed by atoms with Crippen molar-refractivity contribution in [3.63, 3.8) is 0 Å². The Morgan fingerprint density at radius 3 is 2.23 bits per heavy atom. The predicted molar refractivity (Wildman–Crippen MR) is 156 cm³/mol. The van der Waals surface area contributed by atoms with Gasteiger partial charge in [0, 0.05) is 55.8 Å². The highest BCUT2D eigenvalue weighted by Crippen LogP contribution is 2.27. The van der Waals surface area contributed by atoms with Crippen molar-refractivity contribution in [1.82, 2.24) is 19.9 Å². The second-order valence-electron chi connectivity index (χ2n) is 9.35. The number of rotatable bonds is 10. The molecule has 0 bridgehead atoms. The normalized spacial score (nSPS) is 11.5. The van der Waals surface area contributed by atoms with E-state index in [9.17, 15) is 9.59 Å². The van der Waals surface area contributed by atoms with Gasteiger partial charge in [0.25, 0.3) is 5.91 Å². The first-order valence-corrected chi connectivity index (χ1v) is 13.6. The number of carbonyl (C=O) groups is 2. The molecule has 0 spiro atoms. The van der Waals surface area contributed by atoms with Crippen molar-refractivity contribution in [3.8, 4) is 0 Å². The molecule has 1 atom stereocenters. The smallest absolute Gasteiger partial charge is 0.251 e. The largest absolute Gasteiger partial charge is 0.378 e. The highest BCUT2D eigenvalue weighted by Gasteiger charge is 2.32. The molecule has 1 N–H and O–H groups in total. The SMILES string of the molecule is Cc1cc(C)nc(SCC(=O)N(Cc2cccnc2)[C@H](C(=O)Nc2ccc(N(C)C)cc2)c2ccccc2)n1.